The minimum Gasteiger partial charge on any atom is -0.406 e. The molecule has 0 aromatic heterocycles. The Bertz CT molecular complexity index is 385. The molecular formula is C10H9F3O3. The van der Waals surface area contributed by atoms with Gasteiger partial charge in [0.2, 0.25) is 0 Å². The molecule has 0 unspecified atom stereocenters. The summed E-state index contributed by atoms with van der Waals surface area (Å²) < 4.78 is 44.4. The van der Waals surface area contributed by atoms with Gasteiger partial charge in [-0.3, -0.25) is 0 Å². The van der Waals surface area contributed by atoms with Crippen LogP contribution in [0.5, 0.6) is 5.75 Å². The number of alkyl halides is 3. The second-order valence-electron chi connectivity index (χ2n) is 3.60. The van der Waals surface area contributed by atoms with E-state index in [4.69, 9.17) is 4.74 Å². The summed E-state index contributed by atoms with van der Waals surface area (Å²) in [5.41, 5.74) is -0.828. The zero-order valence-electron chi connectivity index (χ0n) is 8.12. The Kier molecular flexibility index (Phi) is 2.55. The van der Waals surface area contributed by atoms with Crippen LogP contribution in [0.1, 0.15) is 5.56 Å². The molecule has 2 rings (SSSR count). The van der Waals surface area contributed by atoms with Crippen molar-refractivity contribution in [1.82, 2.24) is 0 Å². The van der Waals surface area contributed by atoms with Crippen molar-refractivity contribution >= 4 is 0 Å². The van der Waals surface area contributed by atoms with Gasteiger partial charge in [0.15, 0.2) is 0 Å². The molecule has 6 heteroatoms. The molecule has 0 spiro atoms. The van der Waals surface area contributed by atoms with Gasteiger partial charge in [-0.15, -0.1) is 13.2 Å². The molecule has 1 N–H and O–H groups in total. The lowest BCUT2D eigenvalue weighted by atomic mass is 9.92. The third kappa shape index (κ3) is 2.28. The van der Waals surface area contributed by atoms with E-state index in [9.17, 15) is 18.3 Å². The van der Waals surface area contributed by atoms with Gasteiger partial charge in [-0.2, -0.15) is 0 Å². The SMILES string of the molecule is OC1(c2cccc(OC(F)(F)F)c2)COC1. The predicted octanol–water partition coefficient (Wildman–Crippen LogP) is 1.80. The first-order chi connectivity index (χ1) is 7.39. The molecule has 0 bridgehead atoms. The fraction of sp³-hybridized carbons (Fsp3) is 0.400. The van der Waals surface area contributed by atoms with Crippen LogP contribution in [0.25, 0.3) is 0 Å². The van der Waals surface area contributed by atoms with Crippen molar-refractivity contribution in [2.75, 3.05) is 13.2 Å². The Labute approximate surface area is 89.4 Å². The molecular weight excluding hydrogens is 225 g/mol. The average molecular weight is 234 g/mol. The van der Waals surface area contributed by atoms with Crippen molar-refractivity contribution in [3.8, 4) is 5.75 Å². The highest BCUT2D eigenvalue weighted by atomic mass is 19.4. The zero-order chi connectivity index (χ0) is 11.8. The lowest BCUT2D eigenvalue weighted by Crippen LogP contribution is -2.46. The second-order valence-corrected chi connectivity index (χ2v) is 3.60. The summed E-state index contributed by atoms with van der Waals surface area (Å²) in [6.07, 6.45) is -4.72. The molecule has 3 nitrogen and oxygen atoms in total. The molecule has 16 heavy (non-hydrogen) atoms. The quantitative estimate of drug-likeness (QED) is 0.848. The van der Waals surface area contributed by atoms with Gasteiger partial charge in [-0.25, -0.2) is 0 Å². The average Bonchev–Trinajstić information content (AvgIpc) is 2.12. The smallest absolute Gasteiger partial charge is 0.406 e. The van der Waals surface area contributed by atoms with Crippen LogP contribution in [0.3, 0.4) is 0 Å². The van der Waals surface area contributed by atoms with Gasteiger partial charge in [0.05, 0.1) is 13.2 Å². The summed E-state index contributed by atoms with van der Waals surface area (Å²) >= 11 is 0. The number of hydrogen-bond acceptors (Lipinski definition) is 3. The van der Waals surface area contributed by atoms with Crippen LogP contribution in [-0.2, 0) is 10.3 Å². The van der Waals surface area contributed by atoms with Crippen molar-refractivity contribution < 1.29 is 27.8 Å². The van der Waals surface area contributed by atoms with Crippen LogP contribution in [0.15, 0.2) is 24.3 Å². The molecule has 1 fully saturated rings. The lowest BCUT2D eigenvalue weighted by Gasteiger charge is -2.36. The van der Waals surface area contributed by atoms with Crippen molar-refractivity contribution in [2.24, 2.45) is 0 Å². The van der Waals surface area contributed by atoms with Crippen LogP contribution < -0.4 is 4.74 Å². The molecule has 0 radical (unpaired) electrons. The standard InChI is InChI=1S/C10H9F3O3/c11-10(12,13)16-8-3-1-2-7(4-8)9(14)5-15-6-9/h1-4,14H,5-6H2. The molecule has 0 atom stereocenters. The Morgan fingerprint density at radius 1 is 1.31 bits per heavy atom. The van der Waals surface area contributed by atoms with E-state index in [0.717, 1.165) is 6.07 Å². The first kappa shape index (κ1) is 11.2. The summed E-state index contributed by atoms with van der Waals surface area (Å²) in [5.74, 6) is -0.342. The third-order valence-electron chi connectivity index (χ3n) is 2.29. The first-order valence-electron chi connectivity index (χ1n) is 4.55. The van der Waals surface area contributed by atoms with E-state index in [-0.39, 0.29) is 19.0 Å². The molecule has 1 aliphatic rings. The largest absolute Gasteiger partial charge is 0.573 e. The summed E-state index contributed by atoms with van der Waals surface area (Å²) in [6.45, 7) is 0.172. The Morgan fingerprint density at radius 3 is 2.50 bits per heavy atom. The third-order valence-corrected chi connectivity index (χ3v) is 2.29. The fourth-order valence-corrected chi connectivity index (χ4v) is 1.44. The zero-order valence-corrected chi connectivity index (χ0v) is 8.12. The molecule has 0 saturated carbocycles. The number of ether oxygens (including phenoxy) is 2. The summed E-state index contributed by atoms with van der Waals surface area (Å²) in [4.78, 5) is 0. The maximum atomic E-state index is 12.0. The topological polar surface area (TPSA) is 38.7 Å². The van der Waals surface area contributed by atoms with Gasteiger partial charge in [-0.1, -0.05) is 12.1 Å². The Morgan fingerprint density at radius 2 is 2.00 bits per heavy atom. The Hall–Kier alpha value is -1.27. The molecule has 1 saturated heterocycles. The van der Waals surface area contributed by atoms with Crippen molar-refractivity contribution in [3.05, 3.63) is 29.8 Å². The molecule has 1 aromatic rings. The molecule has 1 aromatic carbocycles. The van der Waals surface area contributed by atoms with Gasteiger partial charge in [0.1, 0.15) is 11.4 Å². The van der Waals surface area contributed by atoms with Gasteiger partial charge in [-0.05, 0) is 17.7 Å². The van der Waals surface area contributed by atoms with E-state index in [1.54, 1.807) is 0 Å². The fourth-order valence-electron chi connectivity index (χ4n) is 1.44. The highest BCUT2D eigenvalue weighted by Gasteiger charge is 2.38. The summed E-state index contributed by atoms with van der Waals surface area (Å²) in [6, 6.07) is 5.27. The molecule has 1 aliphatic heterocycles. The maximum absolute atomic E-state index is 12.0. The number of hydrogen-bond donors (Lipinski definition) is 1. The number of aliphatic hydroxyl groups is 1. The first-order valence-corrected chi connectivity index (χ1v) is 4.55. The van der Waals surface area contributed by atoms with Crippen molar-refractivity contribution in [1.29, 1.82) is 0 Å². The summed E-state index contributed by atoms with van der Waals surface area (Å²) in [5, 5.41) is 9.84. The van der Waals surface area contributed by atoms with Gasteiger partial charge >= 0.3 is 6.36 Å². The van der Waals surface area contributed by atoms with Crippen LogP contribution in [-0.4, -0.2) is 24.7 Å². The second kappa shape index (κ2) is 3.64. The number of halogens is 3. The van der Waals surface area contributed by atoms with Gasteiger partial charge in [0.25, 0.3) is 0 Å². The van der Waals surface area contributed by atoms with E-state index in [0.29, 0.717) is 5.56 Å². The lowest BCUT2D eigenvalue weighted by molar-refractivity contribution is -0.274. The van der Waals surface area contributed by atoms with Crippen molar-refractivity contribution in [3.63, 3.8) is 0 Å². The van der Waals surface area contributed by atoms with Crippen molar-refractivity contribution in [2.45, 2.75) is 12.0 Å². The van der Waals surface area contributed by atoms with Gasteiger partial charge < -0.3 is 14.6 Å². The maximum Gasteiger partial charge on any atom is 0.573 e. The molecule has 1 heterocycles. The number of benzene rings is 1. The normalized spacial score (nSPS) is 19.0. The van der Waals surface area contributed by atoms with Crippen LogP contribution in [0.4, 0.5) is 13.2 Å². The van der Waals surface area contributed by atoms with E-state index in [2.05, 4.69) is 4.74 Å². The molecule has 88 valence electrons. The van der Waals surface area contributed by atoms with E-state index in [1.165, 1.54) is 18.2 Å². The monoisotopic (exact) mass is 234 g/mol. The van der Waals surface area contributed by atoms with E-state index >= 15 is 0 Å². The Balaban J connectivity index is 2.20. The van der Waals surface area contributed by atoms with Gasteiger partial charge in [0, 0.05) is 0 Å². The van der Waals surface area contributed by atoms with E-state index in [1.807, 2.05) is 0 Å². The highest BCUT2D eigenvalue weighted by molar-refractivity contribution is 5.33. The minimum absolute atomic E-state index is 0.0858. The van der Waals surface area contributed by atoms with Crippen LogP contribution >= 0.6 is 0 Å². The minimum atomic E-state index is -4.72. The predicted molar refractivity (Wildman–Crippen MR) is 47.8 cm³/mol. The number of rotatable bonds is 2. The van der Waals surface area contributed by atoms with Crippen LogP contribution in [0.2, 0.25) is 0 Å². The van der Waals surface area contributed by atoms with Crippen LogP contribution in [0, 0.1) is 0 Å². The molecule has 0 amide bonds. The summed E-state index contributed by atoms with van der Waals surface area (Å²) in [7, 11) is 0. The highest BCUT2D eigenvalue weighted by Crippen LogP contribution is 2.32. The van der Waals surface area contributed by atoms with E-state index < -0.39 is 12.0 Å². The molecule has 0 aliphatic carbocycles.